The van der Waals surface area contributed by atoms with Gasteiger partial charge in [-0.05, 0) is 67.9 Å². The molecule has 1 amide bonds. The molecule has 1 heterocycles. The van der Waals surface area contributed by atoms with Crippen LogP contribution in [0.15, 0.2) is 17.9 Å². The monoisotopic (exact) mass is 349 g/mol. The van der Waals surface area contributed by atoms with E-state index in [1.807, 2.05) is 26.0 Å². The van der Waals surface area contributed by atoms with E-state index in [1.54, 1.807) is 7.11 Å². The Labute approximate surface area is 147 Å². The van der Waals surface area contributed by atoms with Crippen molar-refractivity contribution < 1.29 is 14.6 Å². The van der Waals surface area contributed by atoms with Crippen molar-refractivity contribution in [3.63, 3.8) is 0 Å². The Kier molecular flexibility index (Phi) is 4.63. The van der Waals surface area contributed by atoms with Gasteiger partial charge >= 0.3 is 0 Å². The standard InChI is InChI=1S/C19H24ClNO3/c1-11-7-14(20)8-12(2)15(11)16-17(22)19(21-18(16)23)6-4-5-13(9-19)10-24-3/h7-8,13,22H,4-6,9-10H2,1-3H3,(H,21,23). The van der Waals surface area contributed by atoms with E-state index in [1.165, 1.54) is 0 Å². The number of nitrogens with one attached hydrogen (secondary N) is 1. The number of amides is 1. The third kappa shape index (κ3) is 2.82. The maximum absolute atomic E-state index is 12.7. The summed E-state index contributed by atoms with van der Waals surface area (Å²) in [5, 5.41) is 14.7. The molecule has 1 aromatic carbocycles. The first-order valence-corrected chi connectivity index (χ1v) is 8.78. The molecule has 130 valence electrons. The number of methoxy groups -OCH3 is 1. The number of hydrogen-bond acceptors (Lipinski definition) is 3. The number of carbonyl (C=O) groups excluding carboxylic acids is 1. The molecule has 1 fully saturated rings. The van der Waals surface area contributed by atoms with E-state index in [0.29, 0.717) is 29.5 Å². The predicted molar refractivity (Wildman–Crippen MR) is 95.2 cm³/mol. The van der Waals surface area contributed by atoms with Crippen molar-refractivity contribution in [1.82, 2.24) is 5.32 Å². The lowest BCUT2D eigenvalue weighted by Gasteiger charge is -2.37. The first kappa shape index (κ1) is 17.3. The molecule has 2 N–H and O–H groups in total. The summed E-state index contributed by atoms with van der Waals surface area (Å²) < 4.78 is 5.28. The van der Waals surface area contributed by atoms with Crippen LogP contribution < -0.4 is 5.32 Å². The van der Waals surface area contributed by atoms with Gasteiger partial charge in [-0.2, -0.15) is 0 Å². The summed E-state index contributed by atoms with van der Waals surface area (Å²) in [5.41, 5.74) is 2.35. The Hall–Kier alpha value is -1.52. The molecule has 24 heavy (non-hydrogen) atoms. The Morgan fingerprint density at radius 3 is 2.67 bits per heavy atom. The molecule has 0 saturated heterocycles. The van der Waals surface area contributed by atoms with Crippen molar-refractivity contribution in [2.75, 3.05) is 13.7 Å². The van der Waals surface area contributed by atoms with Crippen LogP contribution in [0, 0.1) is 19.8 Å². The van der Waals surface area contributed by atoms with Crippen LogP contribution in [0.2, 0.25) is 5.02 Å². The maximum atomic E-state index is 12.7. The lowest BCUT2D eigenvalue weighted by atomic mass is 9.75. The SMILES string of the molecule is COCC1CCCC2(C1)NC(=O)C(c1c(C)cc(Cl)cc1C)=C2O. The minimum atomic E-state index is -0.646. The fraction of sp³-hybridized carbons (Fsp3) is 0.526. The van der Waals surface area contributed by atoms with Gasteiger partial charge in [0.25, 0.3) is 5.91 Å². The average Bonchev–Trinajstić information content (AvgIpc) is 2.71. The minimum Gasteiger partial charge on any atom is -0.509 e. The molecule has 0 bridgehead atoms. The van der Waals surface area contributed by atoms with Crippen LogP contribution in [-0.2, 0) is 9.53 Å². The van der Waals surface area contributed by atoms with Crippen LogP contribution in [0.1, 0.15) is 42.4 Å². The number of halogens is 1. The van der Waals surface area contributed by atoms with Crippen molar-refractivity contribution in [3.8, 4) is 0 Å². The summed E-state index contributed by atoms with van der Waals surface area (Å²) in [6.45, 7) is 4.49. The Balaban J connectivity index is 2.05. The summed E-state index contributed by atoms with van der Waals surface area (Å²) in [5.74, 6) is 0.332. The van der Waals surface area contributed by atoms with Gasteiger partial charge in [0.15, 0.2) is 0 Å². The smallest absolute Gasteiger partial charge is 0.256 e. The Bertz CT molecular complexity index is 688. The molecule has 2 aliphatic rings. The molecule has 0 radical (unpaired) electrons. The van der Waals surface area contributed by atoms with Gasteiger partial charge < -0.3 is 15.2 Å². The van der Waals surface area contributed by atoms with Crippen LogP contribution in [0.4, 0.5) is 0 Å². The number of carbonyl (C=O) groups is 1. The molecule has 5 heteroatoms. The van der Waals surface area contributed by atoms with Crippen molar-refractivity contribution in [1.29, 1.82) is 0 Å². The van der Waals surface area contributed by atoms with Crippen molar-refractivity contribution in [3.05, 3.63) is 39.6 Å². The molecule has 1 aromatic rings. The number of ether oxygens (including phenoxy) is 1. The summed E-state index contributed by atoms with van der Waals surface area (Å²) in [6, 6.07) is 3.66. The first-order valence-electron chi connectivity index (χ1n) is 8.40. The van der Waals surface area contributed by atoms with E-state index in [4.69, 9.17) is 16.3 Å². The van der Waals surface area contributed by atoms with E-state index < -0.39 is 5.54 Å². The van der Waals surface area contributed by atoms with Crippen LogP contribution in [0.3, 0.4) is 0 Å². The topological polar surface area (TPSA) is 58.6 Å². The fourth-order valence-corrected chi connectivity index (χ4v) is 4.65. The van der Waals surface area contributed by atoms with Crippen LogP contribution >= 0.6 is 11.6 Å². The van der Waals surface area contributed by atoms with Crippen molar-refractivity contribution >= 4 is 23.1 Å². The molecule has 1 spiro atoms. The second-order valence-corrected chi connectivity index (χ2v) is 7.53. The number of hydrogen-bond donors (Lipinski definition) is 2. The Morgan fingerprint density at radius 2 is 2.04 bits per heavy atom. The molecule has 2 atom stereocenters. The van der Waals surface area contributed by atoms with Gasteiger partial charge in [0.05, 0.1) is 11.1 Å². The summed E-state index contributed by atoms with van der Waals surface area (Å²) in [6.07, 6.45) is 3.50. The van der Waals surface area contributed by atoms with Crippen LogP contribution in [0.5, 0.6) is 0 Å². The highest BCUT2D eigenvalue weighted by molar-refractivity contribution is 6.31. The van der Waals surface area contributed by atoms with Crippen LogP contribution in [0.25, 0.3) is 5.57 Å². The molecule has 1 saturated carbocycles. The largest absolute Gasteiger partial charge is 0.509 e. The molecule has 4 nitrogen and oxygen atoms in total. The first-order chi connectivity index (χ1) is 11.4. The minimum absolute atomic E-state index is 0.182. The quantitative estimate of drug-likeness (QED) is 0.869. The van der Waals surface area contributed by atoms with E-state index in [0.717, 1.165) is 36.0 Å². The van der Waals surface area contributed by atoms with Gasteiger partial charge in [0.1, 0.15) is 5.76 Å². The van der Waals surface area contributed by atoms with Gasteiger partial charge in [-0.1, -0.05) is 18.0 Å². The molecule has 1 aliphatic heterocycles. The van der Waals surface area contributed by atoms with E-state index in [2.05, 4.69) is 5.32 Å². The number of aryl methyl sites for hydroxylation is 2. The van der Waals surface area contributed by atoms with Gasteiger partial charge in [-0.15, -0.1) is 0 Å². The zero-order valence-electron chi connectivity index (χ0n) is 14.4. The van der Waals surface area contributed by atoms with Gasteiger partial charge in [-0.3, -0.25) is 4.79 Å². The normalized spacial score (nSPS) is 27.0. The number of aliphatic hydroxyl groups excluding tert-OH is 1. The summed E-state index contributed by atoms with van der Waals surface area (Å²) >= 11 is 6.10. The number of rotatable bonds is 3. The van der Waals surface area contributed by atoms with Crippen molar-refractivity contribution in [2.45, 2.75) is 45.1 Å². The maximum Gasteiger partial charge on any atom is 0.256 e. The zero-order chi connectivity index (χ0) is 17.5. The Morgan fingerprint density at radius 1 is 1.38 bits per heavy atom. The van der Waals surface area contributed by atoms with Crippen molar-refractivity contribution in [2.24, 2.45) is 5.92 Å². The lowest BCUT2D eigenvalue weighted by molar-refractivity contribution is -0.116. The highest BCUT2D eigenvalue weighted by Gasteiger charge is 2.48. The second kappa shape index (κ2) is 6.41. The summed E-state index contributed by atoms with van der Waals surface area (Å²) in [7, 11) is 1.69. The molecular weight excluding hydrogens is 326 g/mol. The van der Waals surface area contributed by atoms with Gasteiger partial charge in [0.2, 0.25) is 0 Å². The molecule has 1 aliphatic carbocycles. The zero-order valence-corrected chi connectivity index (χ0v) is 15.2. The van der Waals surface area contributed by atoms with Gasteiger partial charge in [-0.25, -0.2) is 0 Å². The lowest BCUT2D eigenvalue weighted by Crippen LogP contribution is -2.48. The van der Waals surface area contributed by atoms with Crippen LogP contribution in [-0.4, -0.2) is 30.3 Å². The molecule has 3 rings (SSSR count). The van der Waals surface area contributed by atoms with E-state index in [9.17, 15) is 9.90 Å². The fourth-order valence-electron chi connectivity index (χ4n) is 4.32. The molecule has 0 aromatic heterocycles. The third-order valence-electron chi connectivity index (χ3n) is 5.27. The predicted octanol–water partition coefficient (Wildman–Crippen LogP) is 3.93. The number of aliphatic hydroxyl groups is 1. The third-order valence-corrected chi connectivity index (χ3v) is 5.49. The van der Waals surface area contributed by atoms with Gasteiger partial charge in [0, 0.05) is 18.7 Å². The second-order valence-electron chi connectivity index (χ2n) is 7.09. The summed E-state index contributed by atoms with van der Waals surface area (Å²) in [4.78, 5) is 12.7. The highest BCUT2D eigenvalue weighted by atomic mass is 35.5. The molecule has 2 unspecified atom stereocenters. The van der Waals surface area contributed by atoms with E-state index in [-0.39, 0.29) is 11.7 Å². The average molecular weight is 350 g/mol. The van der Waals surface area contributed by atoms with E-state index >= 15 is 0 Å². The molecular formula is C19H24ClNO3. The highest BCUT2D eigenvalue weighted by Crippen LogP contribution is 2.44. The number of benzene rings is 1.